The monoisotopic (exact) mass is 242 g/mol. The Labute approximate surface area is 103 Å². The van der Waals surface area contributed by atoms with Crippen LogP contribution in [0.1, 0.15) is 42.7 Å². The topological polar surface area (TPSA) is 55.1 Å². The summed E-state index contributed by atoms with van der Waals surface area (Å²) in [6, 6.07) is 7.55. The van der Waals surface area contributed by atoms with E-state index >= 15 is 0 Å². The lowest BCUT2D eigenvalue weighted by molar-refractivity contribution is 0.0943. The molecule has 0 saturated carbocycles. The van der Waals surface area contributed by atoms with Crippen molar-refractivity contribution in [3.63, 3.8) is 0 Å². The third-order valence-corrected chi connectivity index (χ3v) is 2.12. The van der Waals surface area contributed by atoms with Crippen molar-refractivity contribution < 1.29 is 4.79 Å². The van der Waals surface area contributed by atoms with Crippen molar-refractivity contribution >= 4 is 18.3 Å². The van der Waals surface area contributed by atoms with Crippen LogP contribution < -0.4 is 11.1 Å². The molecule has 0 spiro atoms. The largest absolute Gasteiger partial charge is 0.350 e. The summed E-state index contributed by atoms with van der Waals surface area (Å²) in [6.45, 7) is 5.80. The molecule has 0 fully saturated rings. The van der Waals surface area contributed by atoms with Crippen molar-refractivity contribution in [2.45, 2.75) is 32.9 Å². The normalized spacial score (nSPS) is 11.8. The van der Waals surface area contributed by atoms with E-state index in [1.54, 1.807) is 12.1 Å². The predicted octanol–water partition coefficient (Wildman–Crippen LogP) is 2.27. The van der Waals surface area contributed by atoms with E-state index in [4.69, 9.17) is 5.73 Å². The number of hydrogen-bond acceptors (Lipinski definition) is 2. The van der Waals surface area contributed by atoms with Crippen LogP contribution in [0.4, 0.5) is 0 Å². The summed E-state index contributed by atoms with van der Waals surface area (Å²) in [5, 5.41) is 2.84. The lowest BCUT2D eigenvalue weighted by Gasteiger charge is -2.09. The van der Waals surface area contributed by atoms with Crippen LogP contribution in [0.5, 0.6) is 0 Å². The third kappa shape index (κ3) is 4.21. The van der Waals surface area contributed by atoms with E-state index in [1.165, 1.54) is 0 Å². The van der Waals surface area contributed by atoms with Gasteiger partial charge in [-0.25, -0.2) is 0 Å². The second kappa shape index (κ2) is 6.51. The Morgan fingerprint density at radius 2 is 1.69 bits per heavy atom. The van der Waals surface area contributed by atoms with E-state index in [9.17, 15) is 4.79 Å². The summed E-state index contributed by atoms with van der Waals surface area (Å²) in [4.78, 5) is 11.6. The number of carbonyl (C=O) groups is 1. The SMILES string of the molecule is CC(C)NC(=O)c1ccc(C(C)N)cc1.Cl. The molecular formula is C12H19ClN2O. The highest BCUT2D eigenvalue weighted by Crippen LogP contribution is 2.10. The van der Waals surface area contributed by atoms with Crippen molar-refractivity contribution in [3.05, 3.63) is 35.4 Å². The first-order valence-electron chi connectivity index (χ1n) is 5.17. The number of carbonyl (C=O) groups excluding carboxylic acids is 1. The van der Waals surface area contributed by atoms with E-state index in [1.807, 2.05) is 32.9 Å². The van der Waals surface area contributed by atoms with Gasteiger partial charge in [-0.1, -0.05) is 12.1 Å². The van der Waals surface area contributed by atoms with E-state index in [-0.39, 0.29) is 30.4 Å². The van der Waals surface area contributed by atoms with Crippen LogP contribution in [-0.2, 0) is 0 Å². The number of hydrogen-bond donors (Lipinski definition) is 2. The Hall–Kier alpha value is -1.06. The van der Waals surface area contributed by atoms with Gasteiger partial charge in [0.05, 0.1) is 0 Å². The zero-order chi connectivity index (χ0) is 11.4. The summed E-state index contributed by atoms with van der Waals surface area (Å²) in [5.74, 6) is -0.0405. The summed E-state index contributed by atoms with van der Waals surface area (Å²) in [7, 11) is 0. The third-order valence-electron chi connectivity index (χ3n) is 2.12. The molecule has 0 aliphatic rings. The van der Waals surface area contributed by atoms with Crippen molar-refractivity contribution in [1.82, 2.24) is 5.32 Å². The maximum absolute atomic E-state index is 11.6. The minimum atomic E-state index is -0.0405. The number of rotatable bonds is 3. The lowest BCUT2D eigenvalue weighted by Crippen LogP contribution is -2.30. The molecule has 1 aromatic carbocycles. The molecule has 3 N–H and O–H groups in total. The molecule has 0 heterocycles. The Kier molecular flexibility index (Phi) is 6.08. The summed E-state index contributed by atoms with van der Waals surface area (Å²) in [5.41, 5.74) is 7.43. The van der Waals surface area contributed by atoms with Crippen LogP contribution in [0.15, 0.2) is 24.3 Å². The van der Waals surface area contributed by atoms with Crippen LogP contribution >= 0.6 is 12.4 Å². The molecule has 1 atom stereocenters. The Bertz CT molecular complexity index is 333. The fourth-order valence-electron chi connectivity index (χ4n) is 1.28. The highest BCUT2D eigenvalue weighted by atomic mass is 35.5. The van der Waals surface area contributed by atoms with Crippen molar-refractivity contribution in [2.24, 2.45) is 5.73 Å². The summed E-state index contributed by atoms with van der Waals surface area (Å²) < 4.78 is 0. The van der Waals surface area contributed by atoms with Crippen LogP contribution in [0.25, 0.3) is 0 Å². The minimum absolute atomic E-state index is 0. The summed E-state index contributed by atoms with van der Waals surface area (Å²) >= 11 is 0. The van der Waals surface area contributed by atoms with Gasteiger partial charge in [0.15, 0.2) is 0 Å². The first-order valence-corrected chi connectivity index (χ1v) is 5.17. The Morgan fingerprint density at radius 1 is 1.19 bits per heavy atom. The quantitative estimate of drug-likeness (QED) is 0.854. The molecule has 0 aliphatic carbocycles. The van der Waals surface area contributed by atoms with Gasteiger partial charge >= 0.3 is 0 Å². The molecule has 1 rings (SSSR count). The van der Waals surface area contributed by atoms with Crippen molar-refractivity contribution in [2.75, 3.05) is 0 Å². The van der Waals surface area contributed by atoms with Gasteiger partial charge in [-0.05, 0) is 38.5 Å². The molecule has 0 aromatic heterocycles. The lowest BCUT2D eigenvalue weighted by atomic mass is 10.1. The van der Waals surface area contributed by atoms with Gasteiger partial charge in [0.1, 0.15) is 0 Å². The molecule has 4 heteroatoms. The standard InChI is InChI=1S/C12H18N2O.ClH/c1-8(2)14-12(15)11-6-4-10(5-7-11)9(3)13;/h4-9H,13H2,1-3H3,(H,14,15);1H. The van der Waals surface area contributed by atoms with E-state index in [0.717, 1.165) is 5.56 Å². The highest BCUT2D eigenvalue weighted by Gasteiger charge is 2.07. The molecule has 1 amide bonds. The van der Waals surface area contributed by atoms with Crippen molar-refractivity contribution in [1.29, 1.82) is 0 Å². The van der Waals surface area contributed by atoms with Gasteiger partial charge in [-0.2, -0.15) is 0 Å². The van der Waals surface area contributed by atoms with Gasteiger partial charge in [0.25, 0.3) is 5.91 Å². The van der Waals surface area contributed by atoms with E-state index < -0.39 is 0 Å². The molecule has 90 valence electrons. The highest BCUT2D eigenvalue weighted by molar-refractivity contribution is 5.94. The maximum atomic E-state index is 11.6. The van der Waals surface area contributed by atoms with Crippen LogP contribution in [-0.4, -0.2) is 11.9 Å². The van der Waals surface area contributed by atoms with Gasteiger partial charge in [0.2, 0.25) is 0 Å². The van der Waals surface area contributed by atoms with Gasteiger partial charge in [0, 0.05) is 17.6 Å². The molecule has 0 radical (unpaired) electrons. The van der Waals surface area contributed by atoms with Gasteiger partial charge in [-0.15, -0.1) is 12.4 Å². The molecular weight excluding hydrogens is 224 g/mol. The molecule has 0 saturated heterocycles. The maximum Gasteiger partial charge on any atom is 0.251 e. The number of nitrogens with two attached hydrogens (primary N) is 1. The van der Waals surface area contributed by atoms with E-state index in [0.29, 0.717) is 5.56 Å². The van der Waals surface area contributed by atoms with Gasteiger partial charge < -0.3 is 11.1 Å². The van der Waals surface area contributed by atoms with Gasteiger partial charge in [-0.3, -0.25) is 4.79 Å². The smallest absolute Gasteiger partial charge is 0.251 e. The first kappa shape index (κ1) is 14.9. The fourth-order valence-corrected chi connectivity index (χ4v) is 1.28. The zero-order valence-corrected chi connectivity index (χ0v) is 10.7. The molecule has 0 aliphatic heterocycles. The number of nitrogens with one attached hydrogen (secondary N) is 1. The Balaban J connectivity index is 0.00000225. The second-order valence-electron chi connectivity index (χ2n) is 4.04. The second-order valence-corrected chi connectivity index (χ2v) is 4.04. The van der Waals surface area contributed by atoms with Crippen LogP contribution in [0.2, 0.25) is 0 Å². The minimum Gasteiger partial charge on any atom is -0.350 e. The van der Waals surface area contributed by atoms with Crippen LogP contribution in [0.3, 0.4) is 0 Å². The summed E-state index contributed by atoms with van der Waals surface area (Å²) in [6.07, 6.45) is 0. The Morgan fingerprint density at radius 3 is 2.06 bits per heavy atom. The fraction of sp³-hybridized carbons (Fsp3) is 0.417. The molecule has 1 unspecified atom stereocenters. The number of amides is 1. The molecule has 16 heavy (non-hydrogen) atoms. The molecule has 0 bridgehead atoms. The zero-order valence-electron chi connectivity index (χ0n) is 9.86. The average Bonchev–Trinajstić information content (AvgIpc) is 2.17. The average molecular weight is 243 g/mol. The number of halogens is 1. The first-order chi connectivity index (χ1) is 7.00. The molecule has 1 aromatic rings. The van der Waals surface area contributed by atoms with Crippen molar-refractivity contribution in [3.8, 4) is 0 Å². The number of benzene rings is 1. The molecule has 3 nitrogen and oxygen atoms in total. The predicted molar refractivity (Wildman–Crippen MR) is 68.9 cm³/mol. The van der Waals surface area contributed by atoms with E-state index in [2.05, 4.69) is 5.32 Å². The van der Waals surface area contributed by atoms with Crippen LogP contribution in [0, 0.1) is 0 Å².